The van der Waals surface area contributed by atoms with E-state index in [1.54, 1.807) is 6.07 Å². The lowest BCUT2D eigenvalue weighted by Crippen LogP contribution is -2.54. The number of anilines is 1. The van der Waals surface area contributed by atoms with Crippen molar-refractivity contribution in [1.82, 2.24) is 0 Å². The molecule has 0 amide bonds. The first-order valence-electron chi connectivity index (χ1n) is 8.90. The molecule has 0 aliphatic carbocycles. The highest BCUT2D eigenvalue weighted by atomic mass is 32.2. The summed E-state index contributed by atoms with van der Waals surface area (Å²) in [5.74, 6) is 0. The van der Waals surface area contributed by atoms with Crippen molar-refractivity contribution >= 4 is 15.7 Å². The Balaban J connectivity index is 2.76. The second kappa shape index (κ2) is 7.70. The molecule has 0 heterocycles. The number of halogens is 6. The topological polar surface area (TPSA) is 57.6 Å². The molecule has 0 aromatic heterocycles. The van der Waals surface area contributed by atoms with Crippen molar-refractivity contribution in [1.29, 1.82) is 0 Å². The van der Waals surface area contributed by atoms with Gasteiger partial charge in [0.05, 0.1) is 10.6 Å². The largest absolute Gasteiger partial charge is 0.430 e. The second-order valence-electron chi connectivity index (χ2n) is 7.97. The Kier molecular flexibility index (Phi) is 6.21. The van der Waals surface area contributed by atoms with Crippen LogP contribution in [0.25, 0.3) is 0 Å². The van der Waals surface area contributed by atoms with Crippen molar-refractivity contribution in [3.05, 3.63) is 59.7 Å². The third-order valence-corrected chi connectivity index (χ3v) is 6.57. The number of alkyl halides is 6. The normalized spacial score (nSPS) is 13.9. The minimum Gasteiger partial charge on any atom is -0.369 e. The lowest BCUT2D eigenvalue weighted by molar-refractivity contribution is -0.376. The van der Waals surface area contributed by atoms with E-state index in [2.05, 4.69) is 0 Å². The van der Waals surface area contributed by atoms with Crippen LogP contribution >= 0.6 is 0 Å². The number of aliphatic hydroxyl groups is 1. The van der Waals surface area contributed by atoms with Crippen LogP contribution in [0.4, 0.5) is 32.0 Å². The smallest absolute Gasteiger partial charge is 0.369 e. The maximum absolute atomic E-state index is 13.3. The van der Waals surface area contributed by atoms with E-state index in [-0.39, 0.29) is 16.1 Å². The van der Waals surface area contributed by atoms with E-state index in [1.807, 2.05) is 0 Å². The molecular weight excluding hydrogens is 448 g/mol. The fourth-order valence-electron chi connectivity index (χ4n) is 3.00. The van der Waals surface area contributed by atoms with Crippen LogP contribution in [-0.4, -0.2) is 32.9 Å². The van der Waals surface area contributed by atoms with Crippen molar-refractivity contribution in [2.45, 2.75) is 49.0 Å². The summed E-state index contributed by atoms with van der Waals surface area (Å²) in [6.45, 7) is 4.50. The van der Waals surface area contributed by atoms with Gasteiger partial charge in [-0.15, -0.1) is 0 Å². The van der Waals surface area contributed by atoms with E-state index in [0.29, 0.717) is 12.1 Å². The van der Waals surface area contributed by atoms with E-state index in [4.69, 9.17) is 0 Å². The van der Waals surface area contributed by atoms with Crippen LogP contribution < -0.4 is 4.31 Å². The molecule has 0 spiro atoms. The first kappa shape index (κ1) is 25.0. The molecule has 0 aliphatic heterocycles. The third-order valence-electron chi connectivity index (χ3n) is 4.78. The standard InChI is InChI=1S/C20H21F6NO3S/c1-17(2,3)15-12-13(18(28,19(21,22)23)20(24,25)26)10-11-16(15)27(4)31(29,30)14-8-6-5-7-9-14/h5-12,28H,1-4H3. The average molecular weight is 469 g/mol. The van der Waals surface area contributed by atoms with Crippen LogP contribution in [0.2, 0.25) is 0 Å². The van der Waals surface area contributed by atoms with Crippen LogP contribution in [0, 0.1) is 0 Å². The summed E-state index contributed by atoms with van der Waals surface area (Å²) >= 11 is 0. The summed E-state index contributed by atoms with van der Waals surface area (Å²) in [7, 11) is -3.01. The molecule has 11 heteroatoms. The fraction of sp³-hybridized carbons (Fsp3) is 0.400. The van der Waals surface area contributed by atoms with Gasteiger partial charge in [-0.2, -0.15) is 26.3 Å². The molecule has 0 bridgehead atoms. The van der Waals surface area contributed by atoms with Crippen molar-refractivity contribution in [2.24, 2.45) is 0 Å². The lowest BCUT2D eigenvalue weighted by atomic mass is 9.81. The molecule has 31 heavy (non-hydrogen) atoms. The molecule has 0 saturated carbocycles. The number of hydrogen-bond acceptors (Lipinski definition) is 3. The van der Waals surface area contributed by atoms with Crippen molar-refractivity contribution < 1.29 is 39.9 Å². The Morgan fingerprint density at radius 1 is 0.839 bits per heavy atom. The van der Waals surface area contributed by atoms with E-state index >= 15 is 0 Å². The Morgan fingerprint density at radius 3 is 1.74 bits per heavy atom. The zero-order valence-corrected chi connectivity index (χ0v) is 17.8. The number of benzene rings is 2. The monoisotopic (exact) mass is 469 g/mol. The van der Waals surface area contributed by atoms with Gasteiger partial charge < -0.3 is 5.11 Å². The molecular formula is C20H21F6NO3S. The van der Waals surface area contributed by atoms with Gasteiger partial charge in [-0.1, -0.05) is 45.0 Å². The quantitative estimate of drug-likeness (QED) is 0.633. The third kappa shape index (κ3) is 4.38. The first-order chi connectivity index (χ1) is 13.8. The molecule has 0 atom stereocenters. The summed E-state index contributed by atoms with van der Waals surface area (Å²) in [4.78, 5) is -0.108. The van der Waals surface area contributed by atoms with Gasteiger partial charge in [-0.3, -0.25) is 4.31 Å². The molecule has 0 radical (unpaired) electrons. The highest BCUT2D eigenvalue weighted by Crippen LogP contribution is 2.51. The van der Waals surface area contributed by atoms with Crippen LogP contribution in [0.3, 0.4) is 0 Å². The van der Waals surface area contributed by atoms with Gasteiger partial charge in [0.1, 0.15) is 0 Å². The first-order valence-corrected chi connectivity index (χ1v) is 10.3. The fourth-order valence-corrected chi connectivity index (χ4v) is 4.24. The molecule has 4 nitrogen and oxygen atoms in total. The Hall–Kier alpha value is -2.27. The van der Waals surface area contributed by atoms with Crippen molar-refractivity contribution in [3.63, 3.8) is 0 Å². The van der Waals surface area contributed by atoms with Gasteiger partial charge >= 0.3 is 12.4 Å². The number of rotatable bonds is 4. The molecule has 0 fully saturated rings. The summed E-state index contributed by atoms with van der Waals surface area (Å²) in [6, 6.07) is 8.97. The number of hydrogen-bond donors (Lipinski definition) is 1. The minimum atomic E-state index is -6.05. The Morgan fingerprint density at radius 2 is 1.32 bits per heavy atom. The summed E-state index contributed by atoms with van der Waals surface area (Å²) in [5, 5.41) is 9.73. The van der Waals surface area contributed by atoms with Gasteiger partial charge in [0.25, 0.3) is 15.6 Å². The molecule has 2 aromatic rings. The minimum absolute atomic E-state index is 0.108. The van der Waals surface area contributed by atoms with Gasteiger partial charge in [-0.05, 0) is 35.2 Å². The predicted octanol–water partition coefficient (Wildman–Crippen LogP) is 5.12. The molecule has 0 saturated heterocycles. The van der Waals surface area contributed by atoms with Gasteiger partial charge in [0.15, 0.2) is 0 Å². The van der Waals surface area contributed by atoms with Crippen LogP contribution in [0.5, 0.6) is 0 Å². The molecule has 172 valence electrons. The second-order valence-corrected chi connectivity index (χ2v) is 9.94. The van der Waals surface area contributed by atoms with Crippen molar-refractivity contribution in [3.8, 4) is 0 Å². The maximum Gasteiger partial charge on any atom is 0.430 e. The molecule has 2 rings (SSSR count). The van der Waals surface area contributed by atoms with Gasteiger partial charge in [0, 0.05) is 12.6 Å². The van der Waals surface area contributed by atoms with Gasteiger partial charge in [-0.25, -0.2) is 8.42 Å². The SMILES string of the molecule is CN(c1ccc(C(O)(C(F)(F)F)C(F)(F)F)cc1C(C)(C)C)S(=O)(=O)c1ccccc1. The average Bonchev–Trinajstić information content (AvgIpc) is 2.64. The molecule has 1 N–H and O–H groups in total. The van der Waals surface area contributed by atoms with Crippen LogP contribution in [-0.2, 0) is 21.0 Å². The highest BCUT2D eigenvalue weighted by Gasteiger charge is 2.71. The Labute approximate surface area is 176 Å². The van der Waals surface area contributed by atoms with E-state index in [1.165, 1.54) is 45.0 Å². The summed E-state index contributed by atoms with van der Waals surface area (Å²) < 4.78 is 106. The van der Waals surface area contributed by atoms with Gasteiger partial charge in [0.2, 0.25) is 0 Å². The number of nitrogens with zero attached hydrogens (tertiary/aromatic N) is 1. The highest BCUT2D eigenvalue weighted by molar-refractivity contribution is 7.92. The number of sulfonamides is 1. The summed E-state index contributed by atoms with van der Waals surface area (Å²) in [5.41, 5.74) is -7.88. The molecule has 2 aromatic carbocycles. The van der Waals surface area contributed by atoms with E-state index < -0.39 is 39.0 Å². The zero-order valence-electron chi connectivity index (χ0n) is 17.0. The van der Waals surface area contributed by atoms with Crippen molar-refractivity contribution in [2.75, 3.05) is 11.4 Å². The summed E-state index contributed by atoms with van der Waals surface area (Å²) in [6.07, 6.45) is -12.1. The lowest BCUT2D eigenvalue weighted by Gasteiger charge is -2.35. The van der Waals surface area contributed by atoms with E-state index in [9.17, 15) is 39.9 Å². The maximum atomic E-state index is 13.3. The van der Waals surface area contributed by atoms with Crippen LogP contribution in [0.1, 0.15) is 31.9 Å². The molecule has 0 aliphatic rings. The van der Waals surface area contributed by atoms with E-state index in [0.717, 1.165) is 17.4 Å². The zero-order chi connectivity index (χ0) is 24.0. The predicted molar refractivity (Wildman–Crippen MR) is 103 cm³/mol. The molecule has 0 unspecified atom stereocenters. The van der Waals surface area contributed by atoms with Crippen LogP contribution in [0.15, 0.2) is 53.4 Å². The Bertz CT molecular complexity index is 1030.